The Morgan fingerprint density at radius 1 is 1.29 bits per heavy atom. The van der Waals surface area contributed by atoms with Crippen LogP contribution in [-0.4, -0.2) is 34.6 Å². The third kappa shape index (κ3) is 3.11. The fraction of sp³-hybridized carbons (Fsp3) is 0.833. The van der Waals surface area contributed by atoms with Crippen LogP contribution in [0.25, 0.3) is 0 Å². The van der Waals surface area contributed by atoms with Crippen LogP contribution in [0.1, 0.15) is 47.0 Å². The number of rotatable bonds is 1. The summed E-state index contributed by atoms with van der Waals surface area (Å²) in [6, 6.07) is 0. The van der Waals surface area contributed by atoms with Crippen molar-refractivity contribution in [2.24, 2.45) is 0 Å². The van der Waals surface area contributed by atoms with Gasteiger partial charge in [-0.3, -0.25) is 4.90 Å². The summed E-state index contributed by atoms with van der Waals surface area (Å²) in [5.41, 5.74) is -1.87. The molecule has 1 atom stereocenters. The summed E-state index contributed by atoms with van der Waals surface area (Å²) in [6.45, 7) is 7.19. The minimum Gasteiger partial charge on any atom is -0.548 e. The highest BCUT2D eigenvalue weighted by atomic mass is 16.6. The van der Waals surface area contributed by atoms with Gasteiger partial charge in [0.2, 0.25) is 0 Å². The molecule has 0 aliphatic carbocycles. The lowest BCUT2D eigenvalue weighted by Crippen LogP contribution is -2.62. The second-order valence-electron chi connectivity index (χ2n) is 5.65. The Hall–Kier alpha value is -1.26. The smallest absolute Gasteiger partial charge is 0.411 e. The van der Waals surface area contributed by atoms with E-state index in [2.05, 4.69) is 0 Å². The van der Waals surface area contributed by atoms with E-state index < -0.39 is 23.2 Å². The third-order valence-electron chi connectivity index (χ3n) is 2.94. The number of likely N-dealkylation sites (tertiary alicyclic amines) is 1. The maximum Gasteiger partial charge on any atom is 0.411 e. The van der Waals surface area contributed by atoms with Crippen LogP contribution < -0.4 is 5.11 Å². The number of hydrogen-bond donors (Lipinski definition) is 0. The Balaban J connectivity index is 2.86. The van der Waals surface area contributed by atoms with Crippen LogP contribution in [0, 0.1) is 0 Å². The van der Waals surface area contributed by atoms with Gasteiger partial charge in [0.05, 0.1) is 11.5 Å². The number of hydrogen-bond acceptors (Lipinski definition) is 4. The average molecular weight is 242 g/mol. The summed E-state index contributed by atoms with van der Waals surface area (Å²) in [6.07, 6.45) is 1.41. The van der Waals surface area contributed by atoms with Gasteiger partial charge in [-0.25, -0.2) is 4.79 Å². The van der Waals surface area contributed by atoms with E-state index in [-0.39, 0.29) is 0 Å². The molecule has 5 heteroatoms. The van der Waals surface area contributed by atoms with Crippen molar-refractivity contribution in [3.05, 3.63) is 0 Å². The van der Waals surface area contributed by atoms with E-state index in [9.17, 15) is 14.7 Å². The van der Waals surface area contributed by atoms with E-state index in [4.69, 9.17) is 4.74 Å². The van der Waals surface area contributed by atoms with E-state index in [0.717, 1.165) is 12.8 Å². The highest BCUT2D eigenvalue weighted by molar-refractivity contribution is 5.83. The van der Waals surface area contributed by atoms with Crippen molar-refractivity contribution >= 4 is 12.1 Å². The van der Waals surface area contributed by atoms with Crippen molar-refractivity contribution in [2.45, 2.75) is 58.1 Å². The van der Waals surface area contributed by atoms with Crippen LogP contribution in [0.4, 0.5) is 4.79 Å². The number of nitrogens with zero attached hydrogens (tertiary/aromatic N) is 1. The van der Waals surface area contributed by atoms with Crippen molar-refractivity contribution in [1.29, 1.82) is 0 Å². The van der Waals surface area contributed by atoms with Crippen molar-refractivity contribution in [3.8, 4) is 0 Å². The molecule has 1 fully saturated rings. The lowest BCUT2D eigenvalue weighted by atomic mass is 9.89. The standard InChI is InChI=1S/C12H21NO4/c1-11(2,3)17-10(16)13-8-6-5-7-12(13,4)9(14)15/h5-8H2,1-4H3,(H,14,15)/p-1. The molecule has 0 bridgehead atoms. The average Bonchev–Trinajstić information content (AvgIpc) is 2.15. The molecule has 5 nitrogen and oxygen atoms in total. The second kappa shape index (κ2) is 4.55. The number of amides is 1. The number of ether oxygens (including phenoxy) is 1. The van der Waals surface area contributed by atoms with Gasteiger partial charge in [-0.15, -0.1) is 0 Å². The van der Waals surface area contributed by atoms with Crippen molar-refractivity contribution in [2.75, 3.05) is 6.54 Å². The van der Waals surface area contributed by atoms with Crippen LogP contribution >= 0.6 is 0 Å². The Morgan fingerprint density at radius 2 is 1.88 bits per heavy atom. The molecule has 0 radical (unpaired) electrons. The zero-order valence-corrected chi connectivity index (χ0v) is 10.9. The molecule has 0 aromatic carbocycles. The van der Waals surface area contributed by atoms with E-state index >= 15 is 0 Å². The van der Waals surface area contributed by atoms with E-state index in [0.29, 0.717) is 13.0 Å². The molecule has 98 valence electrons. The summed E-state index contributed by atoms with van der Waals surface area (Å²) < 4.78 is 5.22. The van der Waals surface area contributed by atoms with Crippen LogP contribution in [0.5, 0.6) is 0 Å². The van der Waals surface area contributed by atoms with Gasteiger partial charge in [0.25, 0.3) is 0 Å². The molecular weight excluding hydrogens is 222 g/mol. The number of carbonyl (C=O) groups is 2. The fourth-order valence-electron chi connectivity index (χ4n) is 1.94. The predicted molar refractivity (Wildman–Crippen MR) is 60.2 cm³/mol. The molecule has 1 rings (SSSR count). The zero-order valence-electron chi connectivity index (χ0n) is 10.9. The monoisotopic (exact) mass is 242 g/mol. The molecule has 0 N–H and O–H groups in total. The Morgan fingerprint density at radius 3 is 2.35 bits per heavy atom. The van der Waals surface area contributed by atoms with Gasteiger partial charge < -0.3 is 14.6 Å². The Labute approximate surface area is 102 Å². The fourth-order valence-corrected chi connectivity index (χ4v) is 1.94. The highest BCUT2D eigenvalue weighted by Gasteiger charge is 2.40. The van der Waals surface area contributed by atoms with Gasteiger partial charge >= 0.3 is 6.09 Å². The summed E-state index contributed by atoms with van der Waals surface area (Å²) >= 11 is 0. The van der Waals surface area contributed by atoms with Crippen LogP contribution in [0.3, 0.4) is 0 Å². The van der Waals surface area contributed by atoms with Crippen molar-refractivity contribution < 1.29 is 19.4 Å². The molecule has 17 heavy (non-hydrogen) atoms. The first kappa shape index (κ1) is 13.8. The van der Waals surface area contributed by atoms with Gasteiger partial charge in [0.1, 0.15) is 5.60 Å². The minimum absolute atomic E-state index is 0.402. The van der Waals surface area contributed by atoms with Crippen LogP contribution in [-0.2, 0) is 9.53 Å². The maximum absolute atomic E-state index is 11.9. The number of carboxylic acids is 1. The molecule has 0 spiro atoms. The lowest BCUT2D eigenvalue weighted by Gasteiger charge is -2.45. The summed E-state index contributed by atoms with van der Waals surface area (Å²) in [4.78, 5) is 24.4. The van der Waals surface area contributed by atoms with Gasteiger partial charge in [-0.05, 0) is 47.0 Å². The Kier molecular flexibility index (Phi) is 3.69. The van der Waals surface area contributed by atoms with Crippen molar-refractivity contribution in [1.82, 2.24) is 4.90 Å². The van der Waals surface area contributed by atoms with E-state index in [1.165, 1.54) is 11.8 Å². The predicted octanol–water partition coefficient (Wildman–Crippen LogP) is 0.916. The quantitative estimate of drug-likeness (QED) is 0.685. The van der Waals surface area contributed by atoms with Gasteiger partial charge in [-0.1, -0.05) is 0 Å². The molecule has 1 aliphatic heterocycles. The molecule has 1 unspecified atom stereocenters. The number of aliphatic carboxylic acids is 1. The summed E-state index contributed by atoms with van der Waals surface area (Å²) in [5, 5.41) is 11.2. The van der Waals surface area contributed by atoms with E-state index in [1.807, 2.05) is 0 Å². The largest absolute Gasteiger partial charge is 0.548 e. The third-order valence-corrected chi connectivity index (χ3v) is 2.94. The summed E-state index contributed by atoms with van der Waals surface area (Å²) in [7, 11) is 0. The SMILES string of the molecule is CC(C)(C)OC(=O)N1CCCCC1(C)C(=O)[O-]. The normalized spacial score (nSPS) is 25.5. The number of piperidine rings is 1. The number of carboxylic acid groups (broad SMARTS) is 1. The Bertz CT molecular complexity index is 321. The van der Waals surface area contributed by atoms with Crippen molar-refractivity contribution in [3.63, 3.8) is 0 Å². The highest BCUT2D eigenvalue weighted by Crippen LogP contribution is 2.29. The van der Waals surface area contributed by atoms with E-state index in [1.54, 1.807) is 20.8 Å². The lowest BCUT2D eigenvalue weighted by molar-refractivity contribution is -0.319. The zero-order chi connectivity index (χ0) is 13.3. The molecule has 0 aromatic rings. The first-order valence-corrected chi connectivity index (χ1v) is 5.89. The minimum atomic E-state index is -1.25. The molecule has 1 saturated heterocycles. The first-order valence-electron chi connectivity index (χ1n) is 5.89. The van der Waals surface area contributed by atoms with Gasteiger partial charge in [0, 0.05) is 6.54 Å². The second-order valence-corrected chi connectivity index (χ2v) is 5.65. The number of carbonyl (C=O) groups excluding carboxylic acids is 2. The van der Waals surface area contributed by atoms with Crippen LogP contribution in [0.2, 0.25) is 0 Å². The molecular formula is C12H20NO4-. The summed E-state index contributed by atoms with van der Waals surface area (Å²) in [5.74, 6) is -1.22. The topological polar surface area (TPSA) is 69.7 Å². The molecule has 0 aromatic heterocycles. The maximum atomic E-state index is 11.9. The molecule has 1 aliphatic rings. The van der Waals surface area contributed by atoms with Gasteiger partial charge in [-0.2, -0.15) is 0 Å². The molecule has 1 heterocycles. The van der Waals surface area contributed by atoms with Gasteiger partial charge in [0.15, 0.2) is 0 Å². The van der Waals surface area contributed by atoms with Crippen LogP contribution in [0.15, 0.2) is 0 Å². The first-order chi connectivity index (χ1) is 7.67. The molecule has 1 amide bonds. The molecule has 0 saturated carbocycles.